The van der Waals surface area contributed by atoms with Crippen molar-refractivity contribution in [2.45, 2.75) is 19.9 Å². The third-order valence-electron chi connectivity index (χ3n) is 0.817. The number of hydrogen-bond donors (Lipinski definition) is 3. The van der Waals surface area contributed by atoms with Crippen molar-refractivity contribution in [1.29, 1.82) is 0 Å². The SMILES string of the molecule is C=CCO[Si](O)(O)ONC(C)C. The number of rotatable bonds is 6. The maximum Gasteiger partial charge on any atom is 0.691 e. The van der Waals surface area contributed by atoms with Crippen LogP contribution in [0.2, 0.25) is 0 Å². The average molecular weight is 193 g/mol. The minimum atomic E-state index is -3.97. The summed E-state index contributed by atoms with van der Waals surface area (Å²) in [6.07, 6.45) is 1.41. The minimum absolute atomic E-state index is 0.00325. The Labute approximate surface area is 73.1 Å². The van der Waals surface area contributed by atoms with Gasteiger partial charge in [0, 0.05) is 6.04 Å². The van der Waals surface area contributed by atoms with Crippen molar-refractivity contribution in [2.24, 2.45) is 0 Å². The quantitative estimate of drug-likeness (QED) is 0.302. The Bertz CT molecular complexity index is 140. The maximum atomic E-state index is 9.03. The molecule has 0 unspecified atom stereocenters. The monoisotopic (exact) mass is 193 g/mol. The van der Waals surface area contributed by atoms with Gasteiger partial charge in [0.25, 0.3) is 0 Å². The van der Waals surface area contributed by atoms with Crippen LogP contribution in [0.4, 0.5) is 0 Å². The fourth-order valence-corrected chi connectivity index (χ4v) is 1.17. The Balaban J connectivity index is 3.62. The lowest BCUT2D eigenvalue weighted by atomic mass is 10.4. The van der Waals surface area contributed by atoms with Gasteiger partial charge >= 0.3 is 9.05 Å². The third kappa shape index (κ3) is 6.47. The van der Waals surface area contributed by atoms with E-state index in [9.17, 15) is 0 Å². The summed E-state index contributed by atoms with van der Waals surface area (Å²) in [6.45, 7) is 7.02. The second kappa shape index (κ2) is 5.41. The van der Waals surface area contributed by atoms with Gasteiger partial charge in [-0.1, -0.05) is 6.08 Å². The molecule has 0 aromatic heterocycles. The molecule has 3 N–H and O–H groups in total. The Morgan fingerprint density at radius 2 is 2.17 bits per heavy atom. The van der Waals surface area contributed by atoms with Crippen molar-refractivity contribution >= 4 is 9.05 Å². The second-order valence-electron chi connectivity index (χ2n) is 2.52. The summed E-state index contributed by atoms with van der Waals surface area (Å²) in [6, 6.07) is 0.00325. The van der Waals surface area contributed by atoms with E-state index in [1.165, 1.54) is 6.08 Å². The molecule has 0 rings (SSSR count). The first kappa shape index (κ1) is 11.8. The van der Waals surface area contributed by atoms with Gasteiger partial charge in [0.05, 0.1) is 6.61 Å². The zero-order valence-corrected chi connectivity index (χ0v) is 8.28. The normalized spacial score (nSPS) is 12.1. The lowest BCUT2D eigenvalue weighted by Crippen LogP contribution is -2.48. The van der Waals surface area contributed by atoms with Crippen molar-refractivity contribution in [3.63, 3.8) is 0 Å². The van der Waals surface area contributed by atoms with Gasteiger partial charge in [0.1, 0.15) is 0 Å². The average Bonchev–Trinajstić information content (AvgIpc) is 1.98. The molecule has 0 heterocycles. The lowest BCUT2D eigenvalue weighted by molar-refractivity contribution is -0.0168. The van der Waals surface area contributed by atoms with Crippen molar-refractivity contribution in [3.8, 4) is 0 Å². The largest absolute Gasteiger partial charge is 0.691 e. The Hall–Kier alpha value is -0.243. The van der Waals surface area contributed by atoms with Crippen LogP contribution in [0.25, 0.3) is 0 Å². The van der Waals surface area contributed by atoms with Gasteiger partial charge in [0.2, 0.25) is 0 Å². The van der Waals surface area contributed by atoms with E-state index in [1.807, 2.05) is 0 Å². The summed E-state index contributed by atoms with van der Waals surface area (Å²) in [7, 11) is -3.97. The van der Waals surface area contributed by atoms with Gasteiger partial charge < -0.3 is 14.0 Å². The Morgan fingerprint density at radius 1 is 1.58 bits per heavy atom. The van der Waals surface area contributed by atoms with E-state index in [-0.39, 0.29) is 12.6 Å². The number of nitrogens with one attached hydrogen (secondary N) is 1. The van der Waals surface area contributed by atoms with Crippen LogP contribution in [0, 0.1) is 0 Å². The standard InChI is InChI=1S/C6H15NO4Si/c1-4-5-10-12(8,9)11-7-6(2)3/h4,6-9H,1,5H2,2-3H3. The van der Waals surface area contributed by atoms with E-state index in [2.05, 4.69) is 21.0 Å². The summed E-state index contributed by atoms with van der Waals surface area (Å²) in [5.74, 6) is 0. The first-order valence-electron chi connectivity index (χ1n) is 3.61. The van der Waals surface area contributed by atoms with Crippen molar-refractivity contribution in [3.05, 3.63) is 12.7 Å². The molecule has 0 aromatic carbocycles. The highest BCUT2D eigenvalue weighted by Gasteiger charge is 2.37. The maximum absolute atomic E-state index is 9.03. The van der Waals surface area contributed by atoms with Crippen LogP contribution in [0.5, 0.6) is 0 Å². The third-order valence-corrected chi connectivity index (χ3v) is 1.74. The Morgan fingerprint density at radius 3 is 2.58 bits per heavy atom. The number of hydrogen-bond acceptors (Lipinski definition) is 5. The fraction of sp³-hybridized carbons (Fsp3) is 0.667. The topological polar surface area (TPSA) is 71.0 Å². The first-order valence-corrected chi connectivity index (χ1v) is 5.32. The summed E-state index contributed by atoms with van der Waals surface area (Å²) < 4.78 is 9.10. The predicted octanol–water partition coefficient (Wildman–Crippen LogP) is -0.461. The van der Waals surface area contributed by atoms with E-state index in [0.29, 0.717) is 0 Å². The molecular weight excluding hydrogens is 178 g/mol. The predicted molar refractivity (Wildman–Crippen MR) is 45.7 cm³/mol. The molecule has 0 aliphatic rings. The zero-order valence-electron chi connectivity index (χ0n) is 7.28. The summed E-state index contributed by atoms with van der Waals surface area (Å²) >= 11 is 0. The molecule has 0 bridgehead atoms. The highest BCUT2D eigenvalue weighted by molar-refractivity contribution is 6.50. The summed E-state index contributed by atoms with van der Waals surface area (Å²) in [5.41, 5.74) is 2.40. The molecule has 0 spiro atoms. The minimum Gasteiger partial charge on any atom is -0.367 e. The molecule has 0 aliphatic heterocycles. The highest BCUT2D eigenvalue weighted by Crippen LogP contribution is 1.96. The van der Waals surface area contributed by atoms with Gasteiger partial charge in [0.15, 0.2) is 0 Å². The van der Waals surface area contributed by atoms with E-state index < -0.39 is 9.05 Å². The van der Waals surface area contributed by atoms with Crippen LogP contribution in [-0.4, -0.2) is 31.3 Å². The van der Waals surface area contributed by atoms with Crippen LogP contribution in [-0.2, 0) is 8.95 Å². The van der Waals surface area contributed by atoms with Crippen LogP contribution in [0.1, 0.15) is 13.8 Å². The van der Waals surface area contributed by atoms with Crippen molar-refractivity contribution in [1.82, 2.24) is 5.48 Å². The smallest absolute Gasteiger partial charge is 0.367 e. The van der Waals surface area contributed by atoms with Gasteiger partial charge in [-0.2, -0.15) is 0 Å². The molecule has 5 nitrogen and oxygen atoms in total. The molecule has 0 radical (unpaired) electrons. The first-order chi connectivity index (χ1) is 5.48. The van der Waals surface area contributed by atoms with Crippen LogP contribution >= 0.6 is 0 Å². The fourth-order valence-electron chi connectivity index (χ4n) is 0.392. The molecule has 6 heteroatoms. The van der Waals surface area contributed by atoms with Crippen molar-refractivity contribution in [2.75, 3.05) is 6.61 Å². The van der Waals surface area contributed by atoms with Crippen molar-refractivity contribution < 1.29 is 18.5 Å². The molecule has 0 saturated carbocycles. The molecule has 0 aromatic rings. The molecule has 0 saturated heterocycles. The Kier molecular flexibility index (Phi) is 5.30. The zero-order chi connectivity index (χ0) is 9.61. The molecule has 12 heavy (non-hydrogen) atoms. The molecule has 0 amide bonds. The van der Waals surface area contributed by atoms with Gasteiger partial charge in [-0.05, 0) is 13.8 Å². The second-order valence-corrected chi connectivity index (χ2v) is 4.11. The van der Waals surface area contributed by atoms with Crippen LogP contribution < -0.4 is 5.48 Å². The molecule has 0 atom stereocenters. The number of hydroxylamine groups is 1. The molecule has 0 aliphatic carbocycles. The molecule has 72 valence electrons. The van der Waals surface area contributed by atoms with Gasteiger partial charge in [-0.15, -0.1) is 6.58 Å². The van der Waals surface area contributed by atoms with E-state index >= 15 is 0 Å². The summed E-state index contributed by atoms with van der Waals surface area (Å²) in [4.78, 5) is 18.1. The molecule has 0 fully saturated rings. The van der Waals surface area contributed by atoms with Gasteiger partial charge in [-0.3, -0.25) is 4.53 Å². The summed E-state index contributed by atoms with van der Waals surface area (Å²) in [5, 5.41) is 0. The van der Waals surface area contributed by atoms with E-state index in [4.69, 9.17) is 9.59 Å². The van der Waals surface area contributed by atoms with E-state index in [1.54, 1.807) is 13.8 Å². The van der Waals surface area contributed by atoms with E-state index in [0.717, 1.165) is 0 Å². The molecular formula is C6H15NO4Si. The van der Waals surface area contributed by atoms with Gasteiger partial charge in [-0.25, -0.2) is 5.48 Å². The van der Waals surface area contributed by atoms with Crippen LogP contribution in [0.3, 0.4) is 0 Å². The van der Waals surface area contributed by atoms with Crippen LogP contribution in [0.15, 0.2) is 12.7 Å². The highest BCUT2D eigenvalue weighted by atomic mass is 28.4. The lowest BCUT2D eigenvalue weighted by Gasteiger charge is -2.17.